The molecule has 3 aromatic rings. The highest BCUT2D eigenvalue weighted by atomic mass is 16.1. The van der Waals surface area contributed by atoms with Gasteiger partial charge in [0.1, 0.15) is 0 Å². The number of hydrogen-bond donors (Lipinski definition) is 0. The lowest BCUT2D eigenvalue weighted by Crippen LogP contribution is -2.21. The molecule has 0 radical (unpaired) electrons. The number of carbonyl (C=O) groups excluding carboxylic acids is 1. The Kier molecular flexibility index (Phi) is 2.02. The lowest BCUT2D eigenvalue weighted by molar-refractivity contribution is 0.103. The monoisotopic (exact) mass is 262 g/mol. The summed E-state index contributed by atoms with van der Waals surface area (Å²) >= 11 is 0. The lowest BCUT2D eigenvalue weighted by Gasteiger charge is -2.05. The van der Waals surface area contributed by atoms with Gasteiger partial charge in [-0.25, -0.2) is 4.98 Å². The Morgan fingerprint density at radius 3 is 2.70 bits per heavy atom. The van der Waals surface area contributed by atoms with Crippen molar-refractivity contribution in [3.05, 3.63) is 69.8 Å². The first-order valence-electron chi connectivity index (χ1n) is 6.34. The van der Waals surface area contributed by atoms with Crippen LogP contribution in [0, 0.1) is 6.92 Å². The van der Waals surface area contributed by atoms with Crippen LogP contribution in [0.25, 0.3) is 16.6 Å². The van der Waals surface area contributed by atoms with Gasteiger partial charge in [-0.05, 0) is 36.8 Å². The molecule has 20 heavy (non-hydrogen) atoms. The van der Waals surface area contributed by atoms with Crippen molar-refractivity contribution in [3.63, 3.8) is 0 Å². The molecule has 4 rings (SSSR count). The molecule has 4 heteroatoms. The van der Waals surface area contributed by atoms with E-state index >= 15 is 0 Å². The van der Waals surface area contributed by atoms with Crippen molar-refractivity contribution in [2.24, 2.45) is 0 Å². The third-order valence-electron chi connectivity index (χ3n) is 3.62. The fourth-order valence-corrected chi connectivity index (χ4v) is 2.65. The van der Waals surface area contributed by atoms with Crippen LogP contribution in [0.3, 0.4) is 0 Å². The third kappa shape index (κ3) is 1.28. The van der Waals surface area contributed by atoms with Gasteiger partial charge in [0.15, 0.2) is 5.82 Å². The second kappa shape index (κ2) is 3.63. The maximum Gasteiger partial charge on any atom is 0.266 e. The van der Waals surface area contributed by atoms with Crippen LogP contribution >= 0.6 is 0 Å². The number of hydrogen-bond acceptors (Lipinski definition) is 3. The number of para-hydroxylation sites is 1. The molecule has 0 fully saturated rings. The minimum absolute atomic E-state index is 0.191. The summed E-state index contributed by atoms with van der Waals surface area (Å²) in [6, 6.07) is 12.6. The molecule has 0 aliphatic carbocycles. The topological polar surface area (TPSA) is 52.0 Å². The van der Waals surface area contributed by atoms with Gasteiger partial charge >= 0.3 is 0 Å². The molecular weight excluding hydrogens is 252 g/mol. The molecule has 0 atom stereocenters. The van der Waals surface area contributed by atoms with Gasteiger partial charge in [0.2, 0.25) is 5.78 Å². The quantitative estimate of drug-likeness (QED) is 0.488. The van der Waals surface area contributed by atoms with E-state index in [2.05, 4.69) is 4.98 Å². The minimum atomic E-state index is -0.192. The highest BCUT2D eigenvalue weighted by molar-refractivity contribution is 6.13. The molecule has 1 aromatic heterocycles. The Morgan fingerprint density at radius 2 is 1.85 bits per heavy atom. The maximum atomic E-state index is 12.6. The van der Waals surface area contributed by atoms with Crippen molar-refractivity contribution in [1.29, 1.82) is 0 Å². The largest absolute Gasteiger partial charge is 0.285 e. The molecule has 4 nitrogen and oxygen atoms in total. The Labute approximate surface area is 114 Å². The molecule has 0 bridgehead atoms. The van der Waals surface area contributed by atoms with E-state index in [0.717, 1.165) is 5.56 Å². The smallest absolute Gasteiger partial charge is 0.266 e. The van der Waals surface area contributed by atoms with Crippen molar-refractivity contribution in [2.45, 2.75) is 6.92 Å². The van der Waals surface area contributed by atoms with Crippen LogP contribution in [-0.2, 0) is 0 Å². The van der Waals surface area contributed by atoms with E-state index in [4.69, 9.17) is 0 Å². The molecule has 0 saturated heterocycles. The molecule has 0 amide bonds. The highest BCUT2D eigenvalue weighted by Gasteiger charge is 2.29. The van der Waals surface area contributed by atoms with E-state index in [1.54, 1.807) is 24.3 Å². The van der Waals surface area contributed by atoms with Gasteiger partial charge in [0.25, 0.3) is 5.56 Å². The second-order valence-electron chi connectivity index (χ2n) is 4.94. The van der Waals surface area contributed by atoms with Crippen molar-refractivity contribution in [1.82, 2.24) is 9.55 Å². The molecule has 0 spiro atoms. The summed E-state index contributed by atoms with van der Waals surface area (Å²) in [4.78, 5) is 29.3. The number of ketones is 1. The summed E-state index contributed by atoms with van der Waals surface area (Å²) in [5.41, 5.74) is 2.54. The molecule has 2 heterocycles. The van der Waals surface area contributed by atoms with Crippen LogP contribution in [0.15, 0.2) is 47.3 Å². The fourth-order valence-electron chi connectivity index (χ4n) is 2.65. The summed E-state index contributed by atoms with van der Waals surface area (Å²) in [7, 11) is 0. The van der Waals surface area contributed by atoms with Crippen LogP contribution in [0.2, 0.25) is 0 Å². The normalized spacial score (nSPS) is 12.6. The average molecular weight is 262 g/mol. The zero-order valence-corrected chi connectivity index (χ0v) is 10.8. The van der Waals surface area contributed by atoms with Crippen LogP contribution in [0.1, 0.15) is 21.7 Å². The van der Waals surface area contributed by atoms with Crippen molar-refractivity contribution in [2.75, 3.05) is 0 Å². The first-order chi connectivity index (χ1) is 9.66. The van der Waals surface area contributed by atoms with E-state index < -0.39 is 0 Å². The summed E-state index contributed by atoms with van der Waals surface area (Å²) in [5.74, 6) is 0.0113. The fraction of sp³-hybridized carbons (Fsp3) is 0.0625. The Hall–Kier alpha value is -2.75. The maximum absolute atomic E-state index is 12.6. The first kappa shape index (κ1) is 11.1. The molecule has 0 N–H and O–H groups in total. The van der Waals surface area contributed by atoms with Gasteiger partial charge in [-0.1, -0.05) is 18.2 Å². The van der Waals surface area contributed by atoms with E-state index in [1.165, 1.54) is 4.57 Å². The van der Waals surface area contributed by atoms with Crippen molar-refractivity contribution >= 4 is 16.7 Å². The second-order valence-corrected chi connectivity index (χ2v) is 4.94. The average Bonchev–Trinajstić information content (AvgIpc) is 2.72. The predicted molar refractivity (Wildman–Crippen MR) is 75.5 cm³/mol. The van der Waals surface area contributed by atoms with E-state index in [-0.39, 0.29) is 17.2 Å². The number of nitrogens with zero attached hydrogens (tertiary/aromatic N) is 2. The molecular formula is C16H10N2O2. The van der Waals surface area contributed by atoms with Gasteiger partial charge in [0.05, 0.1) is 22.2 Å². The van der Waals surface area contributed by atoms with Gasteiger partial charge in [0, 0.05) is 0 Å². The number of aryl methyl sites for hydroxylation is 1. The number of carbonyl (C=O) groups is 1. The number of benzene rings is 2. The summed E-state index contributed by atoms with van der Waals surface area (Å²) < 4.78 is 1.42. The van der Waals surface area contributed by atoms with Crippen LogP contribution in [0.4, 0.5) is 0 Å². The Bertz CT molecular complexity index is 954. The van der Waals surface area contributed by atoms with Crippen LogP contribution in [-0.4, -0.2) is 15.3 Å². The van der Waals surface area contributed by atoms with Gasteiger partial charge in [-0.2, -0.15) is 0 Å². The van der Waals surface area contributed by atoms with Gasteiger partial charge in [-0.3, -0.25) is 14.2 Å². The summed E-state index contributed by atoms with van der Waals surface area (Å²) in [6.45, 7) is 1.93. The number of fused-ring (bicyclic) bond motifs is 4. The molecule has 1 aliphatic rings. The molecule has 0 unspecified atom stereocenters. The van der Waals surface area contributed by atoms with E-state index in [1.807, 2.05) is 25.1 Å². The lowest BCUT2D eigenvalue weighted by atomic mass is 10.1. The Morgan fingerprint density at radius 1 is 1.05 bits per heavy atom. The zero-order valence-electron chi connectivity index (χ0n) is 10.8. The molecule has 96 valence electrons. The van der Waals surface area contributed by atoms with E-state index in [0.29, 0.717) is 22.2 Å². The summed E-state index contributed by atoms with van der Waals surface area (Å²) in [6.07, 6.45) is 0. The number of rotatable bonds is 0. The van der Waals surface area contributed by atoms with Crippen molar-refractivity contribution < 1.29 is 4.79 Å². The zero-order chi connectivity index (χ0) is 13.9. The van der Waals surface area contributed by atoms with Crippen LogP contribution in [0.5, 0.6) is 0 Å². The third-order valence-corrected chi connectivity index (χ3v) is 3.62. The molecule has 2 aromatic carbocycles. The van der Waals surface area contributed by atoms with E-state index in [9.17, 15) is 9.59 Å². The standard InChI is InChI=1S/C16H10N2O2/c1-9-6-7-11-13(8-9)18-15(14(11)19)17-12-5-3-2-4-10(12)16(18)20/h2-8H,1H3. The Balaban J connectivity index is 2.21. The predicted octanol–water partition coefficient (Wildman–Crippen LogP) is 2.24. The summed E-state index contributed by atoms with van der Waals surface area (Å²) in [5, 5.41) is 0.526. The van der Waals surface area contributed by atoms with Gasteiger partial charge in [-0.15, -0.1) is 0 Å². The molecule has 0 saturated carbocycles. The SMILES string of the molecule is Cc1ccc2c(c1)-n1c(nc3ccccc3c1=O)C2=O. The minimum Gasteiger partial charge on any atom is -0.285 e. The van der Waals surface area contributed by atoms with Crippen molar-refractivity contribution in [3.8, 4) is 5.69 Å². The van der Waals surface area contributed by atoms with Crippen LogP contribution < -0.4 is 5.56 Å². The molecule has 1 aliphatic heterocycles. The van der Waals surface area contributed by atoms with Gasteiger partial charge < -0.3 is 0 Å². The first-order valence-corrected chi connectivity index (χ1v) is 6.34. The number of aromatic nitrogens is 2. The highest BCUT2D eigenvalue weighted by Crippen LogP contribution is 2.26.